The third kappa shape index (κ3) is 7.29. The van der Waals surface area contributed by atoms with Crippen LogP contribution in [-0.2, 0) is 34.8 Å². The van der Waals surface area contributed by atoms with E-state index in [4.69, 9.17) is 14.8 Å². The molecule has 6 nitrogen and oxygen atoms in total. The van der Waals surface area contributed by atoms with E-state index in [2.05, 4.69) is 37.9 Å². The van der Waals surface area contributed by atoms with Gasteiger partial charge in [0.2, 0.25) is 0 Å². The highest BCUT2D eigenvalue weighted by molar-refractivity contribution is 7.99. The van der Waals surface area contributed by atoms with Crippen LogP contribution in [0.2, 0.25) is 0 Å². The number of carbonyl (C=O) groups excluding carboxylic acids is 1. The van der Waals surface area contributed by atoms with Crippen LogP contribution in [0, 0.1) is 22.9 Å². The molecule has 0 spiro atoms. The maximum Gasteiger partial charge on any atom is 0.305 e. The molecular formula is C38H41F3N4O2S2. The minimum atomic E-state index is -0.920. The second kappa shape index (κ2) is 14.3. The van der Waals surface area contributed by atoms with Gasteiger partial charge in [-0.05, 0) is 90.5 Å². The molecule has 0 aliphatic carbocycles. The number of halogens is 3. The molecule has 0 amide bonds. The van der Waals surface area contributed by atoms with E-state index in [1.165, 1.54) is 13.2 Å². The summed E-state index contributed by atoms with van der Waals surface area (Å²) in [5.74, 6) is -0.0299. The number of methoxy groups -OCH3 is 1. The summed E-state index contributed by atoms with van der Waals surface area (Å²) in [4.78, 5) is 20.5. The SMILES string of the molecule is COC(=O)CCc1cccc([C@@]2(C)CCCC(C)(C)CSCCc3c(c(F)c(F)c4[nH]ccc34)Sc3ccc(F)c(c3)-c3nc2nn3C)c1. The van der Waals surface area contributed by atoms with Gasteiger partial charge in [-0.1, -0.05) is 56.3 Å². The van der Waals surface area contributed by atoms with Crippen molar-refractivity contribution in [2.24, 2.45) is 12.5 Å². The predicted molar refractivity (Wildman–Crippen MR) is 191 cm³/mol. The largest absolute Gasteiger partial charge is 0.469 e. The van der Waals surface area contributed by atoms with Crippen LogP contribution >= 0.6 is 23.5 Å². The van der Waals surface area contributed by atoms with Gasteiger partial charge in [0.15, 0.2) is 23.3 Å². The van der Waals surface area contributed by atoms with E-state index in [-0.39, 0.29) is 33.8 Å². The molecule has 2 aromatic heterocycles. The molecule has 258 valence electrons. The number of hydrogen-bond acceptors (Lipinski definition) is 6. The van der Waals surface area contributed by atoms with Crippen molar-refractivity contribution in [1.82, 2.24) is 19.7 Å². The van der Waals surface area contributed by atoms with Gasteiger partial charge in [0, 0.05) is 29.9 Å². The Kier molecular flexibility index (Phi) is 10.2. The van der Waals surface area contributed by atoms with Gasteiger partial charge < -0.3 is 9.72 Å². The Morgan fingerprint density at radius 1 is 1.06 bits per heavy atom. The number of carbonyl (C=O) groups is 1. The molecular weight excluding hydrogens is 666 g/mol. The number of benzene rings is 3. The van der Waals surface area contributed by atoms with Gasteiger partial charge in [-0.15, -0.1) is 0 Å². The van der Waals surface area contributed by atoms with E-state index in [0.717, 1.165) is 59.2 Å². The highest BCUT2D eigenvalue weighted by Crippen LogP contribution is 2.42. The van der Waals surface area contributed by atoms with Crippen molar-refractivity contribution in [2.45, 2.75) is 74.5 Å². The number of esters is 1. The number of aryl methyl sites for hydroxylation is 3. The van der Waals surface area contributed by atoms with Crippen LogP contribution < -0.4 is 0 Å². The molecule has 1 N–H and O–H groups in total. The van der Waals surface area contributed by atoms with Gasteiger partial charge in [-0.25, -0.2) is 22.8 Å². The molecule has 1 aliphatic rings. The second-order valence-electron chi connectivity index (χ2n) is 13.8. The molecule has 0 unspecified atom stereocenters. The first-order valence-electron chi connectivity index (χ1n) is 16.5. The van der Waals surface area contributed by atoms with Crippen molar-refractivity contribution in [3.05, 3.63) is 94.7 Å². The van der Waals surface area contributed by atoms with Crippen LogP contribution in [-0.4, -0.2) is 44.3 Å². The van der Waals surface area contributed by atoms with Gasteiger partial charge in [-0.3, -0.25) is 4.79 Å². The maximum atomic E-state index is 15.8. The summed E-state index contributed by atoms with van der Waals surface area (Å²) < 4.78 is 53.1. The quantitative estimate of drug-likeness (QED) is 0.188. The van der Waals surface area contributed by atoms with Gasteiger partial charge >= 0.3 is 5.97 Å². The van der Waals surface area contributed by atoms with Crippen LogP contribution in [0.5, 0.6) is 0 Å². The molecule has 1 atom stereocenters. The van der Waals surface area contributed by atoms with Crippen molar-refractivity contribution in [3.63, 3.8) is 0 Å². The normalized spacial score (nSPS) is 18.4. The summed E-state index contributed by atoms with van der Waals surface area (Å²) in [5.41, 5.74) is 2.55. The smallest absolute Gasteiger partial charge is 0.305 e. The molecule has 0 radical (unpaired) electrons. The number of aromatic amines is 1. The zero-order valence-electron chi connectivity index (χ0n) is 28.5. The lowest BCUT2D eigenvalue weighted by Crippen LogP contribution is -2.27. The van der Waals surface area contributed by atoms with E-state index in [1.54, 1.807) is 36.1 Å². The molecule has 49 heavy (non-hydrogen) atoms. The molecule has 5 aromatic rings. The fraction of sp³-hybridized carbons (Fsp3) is 0.395. The van der Waals surface area contributed by atoms with E-state index < -0.39 is 22.9 Å². The Bertz CT molecular complexity index is 2010. The molecule has 4 bridgehead atoms. The lowest BCUT2D eigenvalue weighted by Gasteiger charge is -2.30. The molecule has 11 heteroatoms. The number of nitrogens with zero attached hydrogens (tertiary/aromatic N) is 3. The summed E-state index contributed by atoms with van der Waals surface area (Å²) in [6.07, 6.45) is 5.60. The van der Waals surface area contributed by atoms with Crippen LogP contribution in [0.3, 0.4) is 0 Å². The van der Waals surface area contributed by atoms with Gasteiger partial charge in [0.05, 0.1) is 28.5 Å². The minimum Gasteiger partial charge on any atom is -0.469 e. The predicted octanol–water partition coefficient (Wildman–Crippen LogP) is 9.43. The van der Waals surface area contributed by atoms with Crippen molar-refractivity contribution >= 4 is 40.4 Å². The molecule has 3 aromatic carbocycles. The van der Waals surface area contributed by atoms with Gasteiger partial charge in [0.25, 0.3) is 0 Å². The highest BCUT2D eigenvalue weighted by Gasteiger charge is 2.35. The maximum absolute atomic E-state index is 15.8. The van der Waals surface area contributed by atoms with E-state index in [9.17, 15) is 4.79 Å². The van der Waals surface area contributed by atoms with Gasteiger partial charge in [0.1, 0.15) is 5.82 Å². The summed E-state index contributed by atoms with van der Waals surface area (Å²) in [7, 11) is 3.13. The topological polar surface area (TPSA) is 72.8 Å². The number of fused-ring (bicyclic) bond motifs is 8. The Balaban J connectivity index is 1.46. The monoisotopic (exact) mass is 706 g/mol. The fourth-order valence-electron chi connectivity index (χ4n) is 6.65. The molecule has 6 rings (SSSR count). The Hall–Kier alpha value is -3.70. The number of aromatic nitrogens is 4. The van der Waals surface area contributed by atoms with Crippen molar-refractivity contribution < 1.29 is 22.7 Å². The van der Waals surface area contributed by atoms with Gasteiger partial charge in [-0.2, -0.15) is 16.9 Å². The Labute approximate surface area is 293 Å². The molecule has 0 fully saturated rings. The third-order valence-corrected chi connectivity index (χ3v) is 12.1. The fourth-order valence-corrected chi connectivity index (χ4v) is 8.90. The number of thioether (sulfide) groups is 1. The number of H-pyrrole nitrogens is 1. The molecule has 3 heterocycles. The first-order chi connectivity index (χ1) is 23.4. The average Bonchev–Trinajstić information content (AvgIpc) is 3.73. The second-order valence-corrected chi connectivity index (χ2v) is 15.9. The van der Waals surface area contributed by atoms with E-state index in [1.807, 2.05) is 23.9 Å². The third-order valence-electron chi connectivity index (χ3n) is 9.54. The lowest BCUT2D eigenvalue weighted by atomic mass is 9.75. The number of hydrogen-bond donors (Lipinski definition) is 1. The lowest BCUT2D eigenvalue weighted by molar-refractivity contribution is -0.140. The first-order valence-corrected chi connectivity index (χ1v) is 18.5. The highest BCUT2D eigenvalue weighted by atomic mass is 32.2. The number of nitrogens with one attached hydrogen (secondary N) is 1. The molecule has 0 saturated carbocycles. The first kappa shape index (κ1) is 35.1. The average molecular weight is 707 g/mol. The zero-order chi connectivity index (χ0) is 34.9. The van der Waals surface area contributed by atoms with Crippen molar-refractivity contribution in [1.29, 1.82) is 0 Å². The molecule has 1 aliphatic heterocycles. The van der Waals surface area contributed by atoms with E-state index in [0.29, 0.717) is 34.8 Å². The van der Waals surface area contributed by atoms with Crippen molar-refractivity contribution in [2.75, 3.05) is 18.6 Å². The number of ether oxygens (including phenoxy) is 1. The number of rotatable bonds is 4. The summed E-state index contributed by atoms with van der Waals surface area (Å²) in [6, 6.07) is 14.5. The van der Waals surface area contributed by atoms with E-state index >= 15 is 13.2 Å². The van der Waals surface area contributed by atoms with Crippen LogP contribution in [0.25, 0.3) is 22.3 Å². The van der Waals surface area contributed by atoms with Crippen molar-refractivity contribution in [3.8, 4) is 11.4 Å². The standard InChI is InChI=1S/C38H41F3N4O2S2/c1-37(2)16-7-17-38(3,24-9-6-8-23(20-24)10-13-30(46)47-5)36-43-35(45(4)44-36)28-21-25(11-12-29(28)39)49-34-27(15-19-48-22-37)26-14-18-42-33(26)31(40)32(34)41/h6,8-9,11-12,14,18,20-21,42H,7,10,13,15-17,19,22H2,1-5H3/t38-/m1/s1. The van der Waals surface area contributed by atoms with Crippen LogP contribution in [0.1, 0.15) is 69.0 Å². The Morgan fingerprint density at radius 3 is 2.67 bits per heavy atom. The molecule has 0 saturated heterocycles. The summed E-state index contributed by atoms with van der Waals surface area (Å²) in [6.45, 7) is 6.65. The zero-order valence-corrected chi connectivity index (χ0v) is 30.1. The van der Waals surface area contributed by atoms with Crippen LogP contribution in [0.4, 0.5) is 13.2 Å². The minimum absolute atomic E-state index is 0.0116. The Morgan fingerprint density at radius 2 is 1.88 bits per heavy atom. The summed E-state index contributed by atoms with van der Waals surface area (Å²) >= 11 is 2.91. The van der Waals surface area contributed by atoms with Crippen LogP contribution in [0.15, 0.2) is 64.5 Å². The summed E-state index contributed by atoms with van der Waals surface area (Å²) in [5, 5.41) is 5.53.